The van der Waals surface area contributed by atoms with Crippen molar-refractivity contribution in [3.8, 4) is 5.75 Å². The van der Waals surface area contributed by atoms with Gasteiger partial charge in [-0.1, -0.05) is 43.5 Å². The fraction of sp³-hybridized carbons (Fsp3) is 0.391. The molecule has 1 unspecified atom stereocenters. The molecule has 0 aromatic heterocycles. The van der Waals surface area contributed by atoms with Gasteiger partial charge in [0.2, 0.25) is 5.91 Å². The van der Waals surface area contributed by atoms with E-state index in [1.54, 1.807) is 37.5 Å². The van der Waals surface area contributed by atoms with Crippen molar-refractivity contribution < 1.29 is 19.1 Å². The van der Waals surface area contributed by atoms with Crippen LogP contribution < -0.4 is 10.1 Å². The van der Waals surface area contributed by atoms with E-state index in [0.717, 1.165) is 36.1 Å². The maximum atomic E-state index is 12.9. The van der Waals surface area contributed by atoms with Gasteiger partial charge in [-0.3, -0.25) is 14.5 Å². The van der Waals surface area contributed by atoms with Crippen LogP contribution in [0.5, 0.6) is 5.75 Å². The van der Waals surface area contributed by atoms with Crippen molar-refractivity contribution in [3.63, 3.8) is 0 Å². The van der Waals surface area contributed by atoms with E-state index in [9.17, 15) is 14.4 Å². The number of benzene rings is 1. The summed E-state index contributed by atoms with van der Waals surface area (Å²) >= 11 is 0. The number of hydrogen-bond donors (Lipinski definition) is 1. The lowest BCUT2D eigenvalue weighted by atomic mass is 9.91. The van der Waals surface area contributed by atoms with E-state index < -0.39 is 11.9 Å². The van der Waals surface area contributed by atoms with Crippen molar-refractivity contribution >= 4 is 23.6 Å². The number of rotatable bonds is 5. The summed E-state index contributed by atoms with van der Waals surface area (Å²) in [4.78, 5) is 43.3. The molecule has 1 atom stereocenters. The van der Waals surface area contributed by atoms with Crippen molar-refractivity contribution in [2.45, 2.75) is 44.7 Å². The van der Waals surface area contributed by atoms with Gasteiger partial charge in [0.25, 0.3) is 5.91 Å². The summed E-state index contributed by atoms with van der Waals surface area (Å²) in [5, 5.41) is 3.05. The standard InChI is InChI=1S/C23H25N3O4/c1-30-18-10-7-15(8-11-18)14-26-22(28)19-12-9-16(13-20(19)25-23(26)29)21(27)24-17-5-3-2-4-6-17/h7-13,17,19H,2-6,14H2,1H3,(H,24,27). The van der Waals surface area contributed by atoms with E-state index in [1.807, 2.05) is 12.1 Å². The van der Waals surface area contributed by atoms with Crippen LogP contribution in [0.2, 0.25) is 0 Å². The summed E-state index contributed by atoms with van der Waals surface area (Å²) < 4.78 is 5.13. The summed E-state index contributed by atoms with van der Waals surface area (Å²) in [6.07, 6.45) is 10.3. The van der Waals surface area contributed by atoms with Crippen LogP contribution in [0.1, 0.15) is 37.7 Å². The highest BCUT2D eigenvalue weighted by Crippen LogP contribution is 2.25. The minimum atomic E-state index is -0.646. The Hall–Kier alpha value is -3.22. The number of nitrogens with one attached hydrogen (secondary N) is 1. The number of methoxy groups -OCH3 is 1. The summed E-state index contributed by atoms with van der Waals surface area (Å²) in [5.74, 6) is -0.457. The van der Waals surface area contributed by atoms with E-state index in [1.165, 1.54) is 6.42 Å². The minimum Gasteiger partial charge on any atom is -0.497 e. The zero-order valence-corrected chi connectivity index (χ0v) is 17.0. The molecule has 156 valence electrons. The lowest BCUT2D eigenvalue weighted by Gasteiger charge is -2.29. The maximum Gasteiger partial charge on any atom is 0.350 e. The fourth-order valence-electron chi connectivity index (χ4n) is 4.06. The largest absolute Gasteiger partial charge is 0.497 e. The molecule has 0 bridgehead atoms. The third-order valence-electron chi connectivity index (χ3n) is 5.78. The van der Waals surface area contributed by atoms with Crippen LogP contribution in [0.3, 0.4) is 0 Å². The van der Waals surface area contributed by atoms with E-state index in [2.05, 4.69) is 10.3 Å². The van der Waals surface area contributed by atoms with E-state index in [0.29, 0.717) is 17.0 Å². The molecule has 1 aliphatic heterocycles. The average molecular weight is 407 g/mol. The molecule has 1 saturated carbocycles. The highest BCUT2D eigenvalue weighted by molar-refractivity contribution is 6.23. The molecule has 3 aliphatic rings. The van der Waals surface area contributed by atoms with Gasteiger partial charge in [-0.25, -0.2) is 4.79 Å². The number of amides is 4. The zero-order valence-electron chi connectivity index (χ0n) is 17.0. The molecule has 4 rings (SSSR count). The topological polar surface area (TPSA) is 88.1 Å². The Morgan fingerprint density at radius 2 is 1.90 bits per heavy atom. The van der Waals surface area contributed by atoms with Gasteiger partial charge in [0.1, 0.15) is 5.75 Å². The normalized spacial score (nSPS) is 21.6. The fourth-order valence-corrected chi connectivity index (χ4v) is 4.06. The van der Waals surface area contributed by atoms with Crippen molar-refractivity contribution in [1.82, 2.24) is 10.2 Å². The smallest absolute Gasteiger partial charge is 0.350 e. The van der Waals surface area contributed by atoms with Crippen LogP contribution in [0.15, 0.2) is 53.1 Å². The third-order valence-corrected chi connectivity index (χ3v) is 5.78. The van der Waals surface area contributed by atoms with Crippen molar-refractivity contribution in [2.24, 2.45) is 10.9 Å². The van der Waals surface area contributed by atoms with E-state index >= 15 is 0 Å². The highest BCUT2D eigenvalue weighted by atomic mass is 16.5. The van der Waals surface area contributed by atoms with E-state index in [4.69, 9.17) is 4.74 Å². The molecular weight excluding hydrogens is 382 g/mol. The van der Waals surface area contributed by atoms with E-state index in [-0.39, 0.29) is 24.4 Å². The first kappa shape index (κ1) is 20.1. The first-order chi connectivity index (χ1) is 14.5. The maximum absolute atomic E-state index is 12.9. The van der Waals surface area contributed by atoms with Gasteiger partial charge >= 0.3 is 6.03 Å². The SMILES string of the molecule is COc1ccc(CN2C(=O)N=C3C=C(C(=O)NC4CCCCC4)C=CC3C2=O)cc1. The minimum absolute atomic E-state index is 0.140. The predicted molar refractivity (Wildman–Crippen MR) is 112 cm³/mol. The molecule has 7 heteroatoms. The number of urea groups is 1. The Morgan fingerprint density at radius 3 is 2.60 bits per heavy atom. The summed E-state index contributed by atoms with van der Waals surface area (Å²) in [5.41, 5.74) is 1.56. The summed E-state index contributed by atoms with van der Waals surface area (Å²) in [6, 6.07) is 6.76. The number of carbonyl (C=O) groups excluding carboxylic acids is 3. The second-order valence-electron chi connectivity index (χ2n) is 7.84. The highest BCUT2D eigenvalue weighted by Gasteiger charge is 2.37. The molecule has 30 heavy (non-hydrogen) atoms. The van der Waals surface area contributed by atoms with Gasteiger partial charge < -0.3 is 10.1 Å². The molecule has 0 saturated heterocycles. The first-order valence-corrected chi connectivity index (χ1v) is 10.3. The van der Waals surface area contributed by atoms with Crippen LogP contribution in [0.25, 0.3) is 0 Å². The third kappa shape index (κ3) is 4.20. The number of ether oxygens (including phenoxy) is 1. The molecule has 1 heterocycles. The van der Waals surface area contributed by atoms with Crippen molar-refractivity contribution in [1.29, 1.82) is 0 Å². The molecule has 1 aromatic rings. The average Bonchev–Trinajstić information content (AvgIpc) is 2.77. The van der Waals surface area contributed by atoms with Crippen LogP contribution in [0, 0.1) is 5.92 Å². The molecule has 7 nitrogen and oxygen atoms in total. The van der Waals surface area contributed by atoms with Crippen molar-refractivity contribution in [2.75, 3.05) is 7.11 Å². The monoisotopic (exact) mass is 407 g/mol. The molecule has 1 N–H and O–H groups in total. The number of fused-ring (bicyclic) bond motifs is 1. The van der Waals surface area contributed by atoms with Crippen molar-refractivity contribution in [3.05, 3.63) is 53.6 Å². The van der Waals surface area contributed by atoms with Gasteiger partial charge in [-0.2, -0.15) is 4.99 Å². The number of allylic oxidation sites excluding steroid dienone is 1. The molecule has 2 aliphatic carbocycles. The predicted octanol–water partition coefficient (Wildman–Crippen LogP) is 3.16. The van der Waals surface area contributed by atoms with Crippen LogP contribution in [-0.4, -0.2) is 41.6 Å². The molecular formula is C23H25N3O4. The molecule has 0 radical (unpaired) electrons. The second-order valence-corrected chi connectivity index (χ2v) is 7.84. The molecule has 1 fully saturated rings. The Kier molecular flexibility index (Phi) is 5.79. The lowest BCUT2D eigenvalue weighted by Crippen LogP contribution is -2.46. The first-order valence-electron chi connectivity index (χ1n) is 10.3. The lowest BCUT2D eigenvalue weighted by molar-refractivity contribution is -0.130. The Balaban J connectivity index is 1.47. The Bertz CT molecular complexity index is 940. The number of nitrogens with zero attached hydrogens (tertiary/aromatic N) is 2. The number of imide groups is 1. The summed E-state index contributed by atoms with van der Waals surface area (Å²) in [7, 11) is 1.58. The van der Waals surface area contributed by atoms with Gasteiger partial charge in [0, 0.05) is 11.6 Å². The zero-order chi connectivity index (χ0) is 21.1. The Labute approximate surface area is 175 Å². The van der Waals surface area contributed by atoms with Gasteiger partial charge in [0.15, 0.2) is 0 Å². The number of hydrogen-bond acceptors (Lipinski definition) is 4. The number of carbonyl (C=O) groups is 3. The molecule has 1 aromatic carbocycles. The van der Waals surface area contributed by atoms with Gasteiger partial charge in [0.05, 0.1) is 25.3 Å². The molecule has 0 spiro atoms. The quantitative estimate of drug-likeness (QED) is 0.812. The summed E-state index contributed by atoms with van der Waals surface area (Å²) in [6.45, 7) is 0.140. The van der Waals surface area contributed by atoms with Gasteiger partial charge in [-0.15, -0.1) is 0 Å². The number of aliphatic imine (C=N–C) groups is 1. The van der Waals surface area contributed by atoms with Gasteiger partial charge in [-0.05, 0) is 36.6 Å². The molecule has 4 amide bonds. The second kappa shape index (κ2) is 8.65. The van der Waals surface area contributed by atoms with Crippen LogP contribution in [-0.2, 0) is 16.1 Å². The Morgan fingerprint density at radius 1 is 1.17 bits per heavy atom. The van der Waals surface area contributed by atoms with Crippen LogP contribution in [0.4, 0.5) is 4.79 Å². The van der Waals surface area contributed by atoms with Crippen LogP contribution >= 0.6 is 0 Å².